The van der Waals surface area contributed by atoms with Crippen molar-refractivity contribution < 1.29 is 44.3 Å². The number of benzene rings is 1. The number of aryl methyl sites for hydroxylation is 2. The third-order valence-corrected chi connectivity index (χ3v) is 6.50. The average molecular weight is 599 g/mol. The van der Waals surface area contributed by atoms with Crippen LogP contribution in [0.4, 0.5) is 51.1 Å². The Morgan fingerprint density at radius 3 is 2.27 bits per heavy atom. The van der Waals surface area contributed by atoms with Crippen molar-refractivity contribution in [1.82, 2.24) is 20.2 Å². The number of alkyl halides is 9. The van der Waals surface area contributed by atoms with E-state index in [0.717, 1.165) is 10.9 Å². The van der Waals surface area contributed by atoms with Crippen LogP contribution in [0.25, 0.3) is 0 Å². The summed E-state index contributed by atoms with van der Waals surface area (Å²) < 4.78 is 121. The predicted octanol–water partition coefficient (Wildman–Crippen LogP) is 6.62. The van der Waals surface area contributed by atoms with E-state index in [1.54, 1.807) is 0 Å². The summed E-state index contributed by atoms with van der Waals surface area (Å²) in [4.78, 5) is 15.9. The van der Waals surface area contributed by atoms with Gasteiger partial charge in [0.25, 0.3) is 5.95 Å². The van der Waals surface area contributed by atoms with Gasteiger partial charge in [0.1, 0.15) is 0 Å². The molecule has 1 atom stereocenters. The Morgan fingerprint density at radius 1 is 1.10 bits per heavy atom. The maximum absolute atomic E-state index is 13.8. The maximum atomic E-state index is 13.8. The van der Waals surface area contributed by atoms with Crippen molar-refractivity contribution in [3.8, 4) is 0 Å². The largest absolute Gasteiger partial charge is 0.416 e. The molecular formula is C25H27F9N6O. The summed E-state index contributed by atoms with van der Waals surface area (Å²) in [6, 6.07) is 1.12. The van der Waals surface area contributed by atoms with Crippen LogP contribution < -0.4 is 9.80 Å². The SMILES string of the molecule is CC(=O)N1CCCC(N(CC(=C/CC(F)(F)F)/C=C(\C)C(F)(F)F)c2nnn(C)n2)c2cc(C)c(C(F)(F)F)cc21. The van der Waals surface area contributed by atoms with E-state index >= 15 is 0 Å². The Bertz CT molecular complexity index is 1320. The van der Waals surface area contributed by atoms with E-state index in [0.29, 0.717) is 19.1 Å². The first kappa shape index (κ1) is 31.9. The number of allylic oxidation sites excluding steroid dienone is 2. The van der Waals surface area contributed by atoms with Crippen molar-refractivity contribution in [2.24, 2.45) is 7.05 Å². The number of aromatic nitrogens is 4. The molecule has 226 valence electrons. The molecule has 2 heterocycles. The lowest BCUT2D eigenvalue weighted by atomic mass is 9.94. The van der Waals surface area contributed by atoms with Crippen molar-refractivity contribution in [1.29, 1.82) is 0 Å². The third-order valence-electron chi connectivity index (χ3n) is 6.50. The number of carbonyl (C=O) groups excluding carboxylic acids is 1. The topological polar surface area (TPSA) is 67.2 Å². The van der Waals surface area contributed by atoms with Gasteiger partial charge in [0, 0.05) is 31.3 Å². The Morgan fingerprint density at radius 2 is 1.76 bits per heavy atom. The molecule has 0 spiro atoms. The molecule has 0 N–H and O–H groups in total. The van der Waals surface area contributed by atoms with E-state index in [9.17, 15) is 44.3 Å². The van der Waals surface area contributed by atoms with Gasteiger partial charge in [-0.3, -0.25) is 4.79 Å². The van der Waals surface area contributed by atoms with Crippen molar-refractivity contribution >= 4 is 17.5 Å². The molecule has 1 aromatic carbocycles. The van der Waals surface area contributed by atoms with Gasteiger partial charge in [0.05, 0.1) is 25.1 Å². The number of fused-ring (bicyclic) bond motifs is 1. The fourth-order valence-electron chi connectivity index (χ4n) is 4.58. The number of nitrogens with zero attached hydrogens (tertiary/aromatic N) is 6. The normalized spacial score (nSPS) is 17.4. The van der Waals surface area contributed by atoms with Gasteiger partial charge in [0.15, 0.2) is 0 Å². The summed E-state index contributed by atoms with van der Waals surface area (Å²) in [5.41, 5.74) is -2.56. The Hall–Kier alpha value is -3.59. The lowest BCUT2D eigenvalue weighted by Gasteiger charge is -2.33. The van der Waals surface area contributed by atoms with Gasteiger partial charge in [0.2, 0.25) is 5.91 Å². The molecule has 0 saturated heterocycles. The highest BCUT2D eigenvalue weighted by Crippen LogP contribution is 2.43. The molecule has 1 aliphatic rings. The highest BCUT2D eigenvalue weighted by atomic mass is 19.4. The third kappa shape index (κ3) is 8.00. The molecular weight excluding hydrogens is 571 g/mol. The van der Waals surface area contributed by atoms with Crippen LogP contribution in [-0.4, -0.2) is 51.6 Å². The molecule has 1 unspecified atom stereocenters. The first-order valence-electron chi connectivity index (χ1n) is 12.3. The zero-order valence-corrected chi connectivity index (χ0v) is 22.4. The standard InChI is InChI=1S/C25H27F9N6O/c1-14-10-18-20(6-5-9-39(16(3)41)21(18)12-19(14)25(32,33)34)40(22-35-37-38(4)36-22)13-17(7-8-23(26,27)28)11-15(2)24(29,30)31/h7,10-12,20H,5-6,8-9,13H2,1-4H3/b15-11+,17-7+. The lowest BCUT2D eigenvalue weighted by Crippen LogP contribution is -2.33. The second-order valence-corrected chi connectivity index (χ2v) is 9.68. The second-order valence-electron chi connectivity index (χ2n) is 9.68. The number of halogens is 9. The first-order chi connectivity index (χ1) is 18.8. The molecule has 16 heteroatoms. The van der Waals surface area contributed by atoms with Gasteiger partial charge in [-0.05, 0) is 60.7 Å². The molecule has 0 aliphatic carbocycles. The lowest BCUT2D eigenvalue weighted by molar-refractivity contribution is -0.138. The molecule has 41 heavy (non-hydrogen) atoms. The fraction of sp³-hybridized carbons (Fsp3) is 0.520. The minimum absolute atomic E-state index is 0.0325. The second kappa shape index (κ2) is 11.7. The number of carbonyl (C=O) groups is 1. The molecule has 0 saturated carbocycles. The van der Waals surface area contributed by atoms with Gasteiger partial charge in [-0.2, -0.15) is 44.3 Å². The Labute approximate surface area is 229 Å². The molecule has 2 aromatic rings. The zero-order valence-electron chi connectivity index (χ0n) is 22.4. The molecule has 0 bridgehead atoms. The van der Waals surface area contributed by atoms with Crippen LogP contribution in [0.5, 0.6) is 0 Å². The van der Waals surface area contributed by atoms with Crippen molar-refractivity contribution in [3.05, 3.63) is 52.1 Å². The molecule has 1 aromatic heterocycles. The maximum Gasteiger partial charge on any atom is 0.416 e. The van der Waals surface area contributed by atoms with E-state index in [-0.39, 0.29) is 47.7 Å². The molecule has 1 aliphatic heterocycles. The highest BCUT2D eigenvalue weighted by molar-refractivity contribution is 5.93. The van der Waals surface area contributed by atoms with Gasteiger partial charge in [-0.25, -0.2) is 0 Å². The quantitative estimate of drug-likeness (QED) is 0.276. The summed E-state index contributed by atoms with van der Waals surface area (Å²) >= 11 is 0. The number of anilines is 2. The summed E-state index contributed by atoms with van der Waals surface area (Å²) in [5, 5.41) is 11.7. The van der Waals surface area contributed by atoms with Crippen LogP contribution in [0, 0.1) is 6.92 Å². The van der Waals surface area contributed by atoms with Gasteiger partial charge < -0.3 is 9.80 Å². The molecule has 1 amide bonds. The van der Waals surface area contributed by atoms with Crippen LogP contribution in [0.2, 0.25) is 0 Å². The van der Waals surface area contributed by atoms with E-state index in [1.807, 2.05) is 0 Å². The first-order valence-corrected chi connectivity index (χ1v) is 12.3. The van der Waals surface area contributed by atoms with Crippen molar-refractivity contribution in [2.45, 2.75) is 64.6 Å². The van der Waals surface area contributed by atoms with E-state index in [4.69, 9.17) is 0 Å². The smallest absolute Gasteiger partial charge is 0.327 e. The van der Waals surface area contributed by atoms with E-state index in [1.165, 1.54) is 36.8 Å². The Balaban J connectivity index is 2.24. The van der Waals surface area contributed by atoms with E-state index in [2.05, 4.69) is 15.4 Å². The Kier molecular flexibility index (Phi) is 9.13. The number of hydrogen-bond acceptors (Lipinski definition) is 5. The fourth-order valence-corrected chi connectivity index (χ4v) is 4.58. The monoisotopic (exact) mass is 598 g/mol. The number of tetrazole rings is 1. The molecule has 0 radical (unpaired) electrons. The number of amides is 1. The van der Waals surface area contributed by atoms with Gasteiger partial charge in [-0.1, -0.05) is 17.2 Å². The van der Waals surface area contributed by atoms with Crippen LogP contribution >= 0.6 is 0 Å². The van der Waals surface area contributed by atoms with Gasteiger partial charge in [-0.15, -0.1) is 5.10 Å². The predicted molar refractivity (Wildman–Crippen MR) is 131 cm³/mol. The minimum atomic E-state index is -4.82. The van der Waals surface area contributed by atoms with Crippen LogP contribution in [-0.2, 0) is 18.0 Å². The molecule has 7 nitrogen and oxygen atoms in total. The summed E-state index contributed by atoms with van der Waals surface area (Å²) in [6.45, 7) is 2.57. The summed E-state index contributed by atoms with van der Waals surface area (Å²) in [7, 11) is 1.39. The van der Waals surface area contributed by atoms with Crippen LogP contribution in [0.15, 0.2) is 35.4 Å². The average Bonchev–Trinajstić information content (AvgIpc) is 3.16. The molecule has 0 fully saturated rings. The zero-order chi connectivity index (χ0) is 30.9. The van der Waals surface area contributed by atoms with E-state index < -0.39 is 54.6 Å². The number of rotatable bonds is 6. The van der Waals surface area contributed by atoms with Crippen LogP contribution in [0.1, 0.15) is 55.8 Å². The molecule has 3 rings (SSSR count). The van der Waals surface area contributed by atoms with Crippen LogP contribution in [0.3, 0.4) is 0 Å². The van der Waals surface area contributed by atoms with Crippen molar-refractivity contribution in [2.75, 3.05) is 22.9 Å². The van der Waals surface area contributed by atoms with Gasteiger partial charge >= 0.3 is 18.5 Å². The summed E-state index contributed by atoms with van der Waals surface area (Å²) in [5.74, 6) is -0.712. The van der Waals surface area contributed by atoms with Crippen molar-refractivity contribution in [3.63, 3.8) is 0 Å². The number of hydrogen-bond donors (Lipinski definition) is 0. The highest BCUT2D eigenvalue weighted by Gasteiger charge is 2.38. The minimum Gasteiger partial charge on any atom is -0.327 e. The summed E-state index contributed by atoms with van der Waals surface area (Å²) in [6.07, 6.45) is -14.2.